The molecule has 2 aromatic rings. The first-order chi connectivity index (χ1) is 11.7. The molecule has 3 heterocycles. The van der Waals surface area contributed by atoms with Crippen molar-refractivity contribution in [2.24, 2.45) is 0 Å². The molecule has 1 N–H and O–H groups in total. The van der Waals surface area contributed by atoms with Gasteiger partial charge >= 0.3 is 0 Å². The number of nitrogens with zero attached hydrogens (tertiary/aromatic N) is 2. The SMILES string of the molecule is C[C@@H](Oc1ccc2c(c1)OCO2)c1n[nH]c(=S)n1C[C@@H]1CCCO1. The number of fused-ring (bicyclic) bond motifs is 1. The largest absolute Gasteiger partial charge is 0.483 e. The van der Waals surface area contributed by atoms with Crippen molar-refractivity contribution in [1.82, 2.24) is 14.8 Å². The molecular formula is C16H19N3O4S. The highest BCUT2D eigenvalue weighted by molar-refractivity contribution is 7.71. The van der Waals surface area contributed by atoms with E-state index in [1.54, 1.807) is 0 Å². The summed E-state index contributed by atoms with van der Waals surface area (Å²) in [4.78, 5) is 0. The van der Waals surface area contributed by atoms with Crippen LogP contribution in [-0.2, 0) is 11.3 Å². The van der Waals surface area contributed by atoms with Crippen LogP contribution in [0.3, 0.4) is 0 Å². The van der Waals surface area contributed by atoms with E-state index in [2.05, 4.69) is 10.2 Å². The number of benzene rings is 1. The Morgan fingerprint density at radius 2 is 2.29 bits per heavy atom. The Bertz CT molecular complexity index is 782. The molecule has 2 aliphatic heterocycles. The van der Waals surface area contributed by atoms with Crippen LogP contribution in [0.2, 0.25) is 0 Å². The molecular weight excluding hydrogens is 330 g/mol. The molecule has 0 radical (unpaired) electrons. The van der Waals surface area contributed by atoms with Crippen molar-refractivity contribution in [3.8, 4) is 17.2 Å². The third-order valence-corrected chi connectivity index (χ3v) is 4.53. The van der Waals surface area contributed by atoms with Crippen LogP contribution < -0.4 is 14.2 Å². The summed E-state index contributed by atoms with van der Waals surface area (Å²) in [5.74, 6) is 2.88. The molecule has 2 atom stereocenters. The van der Waals surface area contributed by atoms with E-state index in [9.17, 15) is 0 Å². The van der Waals surface area contributed by atoms with Crippen LogP contribution in [0.5, 0.6) is 17.2 Å². The molecule has 8 heteroatoms. The van der Waals surface area contributed by atoms with Gasteiger partial charge in [0.05, 0.1) is 12.6 Å². The zero-order valence-corrected chi connectivity index (χ0v) is 14.2. The number of H-pyrrole nitrogens is 1. The van der Waals surface area contributed by atoms with Gasteiger partial charge in [-0.15, -0.1) is 0 Å². The van der Waals surface area contributed by atoms with E-state index in [1.165, 1.54) is 0 Å². The predicted octanol–water partition coefficient (Wildman–Crippen LogP) is 2.99. The maximum absolute atomic E-state index is 6.02. The molecule has 4 rings (SSSR count). The Labute approximate surface area is 144 Å². The van der Waals surface area contributed by atoms with Gasteiger partial charge in [-0.2, -0.15) is 5.10 Å². The third-order valence-electron chi connectivity index (χ3n) is 4.22. The number of rotatable bonds is 5. The molecule has 0 saturated carbocycles. The van der Waals surface area contributed by atoms with Crippen LogP contribution in [0.1, 0.15) is 31.7 Å². The van der Waals surface area contributed by atoms with Gasteiger partial charge in [0.1, 0.15) is 5.75 Å². The highest BCUT2D eigenvalue weighted by atomic mass is 32.1. The molecule has 0 aliphatic carbocycles. The predicted molar refractivity (Wildman–Crippen MR) is 88.0 cm³/mol. The average molecular weight is 349 g/mol. The van der Waals surface area contributed by atoms with Crippen LogP contribution in [0.25, 0.3) is 0 Å². The minimum atomic E-state index is -0.264. The van der Waals surface area contributed by atoms with Gasteiger partial charge in [0.15, 0.2) is 28.2 Å². The van der Waals surface area contributed by atoms with Gasteiger partial charge in [-0.25, -0.2) is 0 Å². The minimum Gasteiger partial charge on any atom is -0.483 e. The number of nitrogens with one attached hydrogen (secondary N) is 1. The van der Waals surface area contributed by atoms with Crippen molar-refractivity contribution in [3.05, 3.63) is 28.8 Å². The van der Waals surface area contributed by atoms with Gasteiger partial charge in [0.25, 0.3) is 0 Å². The summed E-state index contributed by atoms with van der Waals surface area (Å²) in [6.07, 6.45) is 2.06. The summed E-state index contributed by atoms with van der Waals surface area (Å²) in [5.41, 5.74) is 0. The molecule has 0 spiro atoms. The molecule has 128 valence electrons. The highest BCUT2D eigenvalue weighted by Crippen LogP contribution is 2.36. The van der Waals surface area contributed by atoms with Crippen LogP contribution in [0.4, 0.5) is 0 Å². The highest BCUT2D eigenvalue weighted by Gasteiger charge is 2.22. The summed E-state index contributed by atoms with van der Waals surface area (Å²) in [6, 6.07) is 5.52. The summed E-state index contributed by atoms with van der Waals surface area (Å²) in [7, 11) is 0. The number of ether oxygens (including phenoxy) is 4. The van der Waals surface area contributed by atoms with Crippen LogP contribution in [-0.4, -0.2) is 34.3 Å². The summed E-state index contributed by atoms with van der Waals surface area (Å²) < 4.78 is 25.0. The van der Waals surface area contributed by atoms with Crippen molar-refractivity contribution in [2.45, 2.75) is 38.5 Å². The van der Waals surface area contributed by atoms with Crippen LogP contribution >= 0.6 is 12.2 Å². The lowest BCUT2D eigenvalue weighted by atomic mass is 10.2. The fraction of sp³-hybridized carbons (Fsp3) is 0.500. The second kappa shape index (κ2) is 6.45. The number of aromatic nitrogens is 3. The summed E-state index contributed by atoms with van der Waals surface area (Å²) >= 11 is 5.35. The van der Waals surface area contributed by atoms with E-state index in [1.807, 2.05) is 29.7 Å². The van der Waals surface area contributed by atoms with Crippen molar-refractivity contribution in [3.63, 3.8) is 0 Å². The van der Waals surface area contributed by atoms with Crippen molar-refractivity contribution >= 4 is 12.2 Å². The molecule has 1 aromatic heterocycles. The summed E-state index contributed by atoms with van der Waals surface area (Å²) in [5, 5.41) is 7.19. The first-order valence-electron chi connectivity index (χ1n) is 8.04. The van der Waals surface area contributed by atoms with Crippen molar-refractivity contribution in [1.29, 1.82) is 0 Å². The lowest BCUT2D eigenvalue weighted by molar-refractivity contribution is 0.0935. The Balaban J connectivity index is 1.52. The number of hydrogen-bond acceptors (Lipinski definition) is 6. The molecule has 0 unspecified atom stereocenters. The zero-order valence-electron chi connectivity index (χ0n) is 13.4. The van der Waals surface area contributed by atoms with Gasteiger partial charge < -0.3 is 18.9 Å². The van der Waals surface area contributed by atoms with Gasteiger partial charge in [-0.3, -0.25) is 9.67 Å². The standard InChI is InChI=1S/C16H19N3O4S/c1-10(23-11-4-5-13-14(7-11)22-9-21-13)15-17-18-16(24)19(15)8-12-3-2-6-20-12/h4-5,7,10,12H,2-3,6,8-9H2,1H3,(H,18,24)/t10-,12+/m1/s1. The topological polar surface area (TPSA) is 70.5 Å². The number of aromatic amines is 1. The molecule has 1 aromatic carbocycles. The van der Waals surface area contributed by atoms with Gasteiger partial charge in [0, 0.05) is 12.7 Å². The smallest absolute Gasteiger partial charge is 0.231 e. The Morgan fingerprint density at radius 1 is 1.42 bits per heavy atom. The van der Waals surface area contributed by atoms with Crippen molar-refractivity contribution in [2.75, 3.05) is 13.4 Å². The fourth-order valence-electron chi connectivity index (χ4n) is 3.02. The van der Waals surface area contributed by atoms with E-state index < -0.39 is 0 Å². The van der Waals surface area contributed by atoms with Crippen LogP contribution in [0.15, 0.2) is 18.2 Å². The maximum Gasteiger partial charge on any atom is 0.231 e. The maximum atomic E-state index is 6.02. The molecule has 2 aliphatic rings. The van der Waals surface area contributed by atoms with Gasteiger partial charge in [-0.1, -0.05) is 0 Å². The lowest BCUT2D eigenvalue weighted by Gasteiger charge is -2.17. The van der Waals surface area contributed by atoms with E-state index in [0.717, 1.165) is 31.0 Å². The molecule has 7 nitrogen and oxygen atoms in total. The third kappa shape index (κ3) is 2.99. The normalized spacial score (nSPS) is 20.3. The monoisotopic (exact) mass is 349 g/mol. The quantitative estimate of drug-likeness (QED) is 0.837. The lowest BCUT2D eigenvalue weighted by Crippen LogP contribution is -2.19. The zero-order chi connectivity index (χ0) is 16.5. The van der Waals surface area contributed by atoms with E-state index in [-0.39, 0.29) is 19.0 Å². The summed E-state index contributed by atoms with van der Waals surface area (Å²) in [6.45, 7) is 3.70. The van der Waals surface area contributed by atoms with Crippen LogP contribution in [0, 0.1) is 4.77 Å². The van der Waals surface area contributed by atoms with Gasteiger partial charge in [0.2, 0.25) is 6.79 Å². The second-order valence-electron chi connectivity index (χ2n) is 5.91. The molecule has 1 saturated heterocycles. The van der Waals surface area contributed by atoms with Gasteiger partial charge in [-0.05, 0) is 44.1 Å². The first kappa shape index (κ1) is 15.5. The van der Waals surface area contributed by atoms with Crippen molar-refractivity contribution < 1.29 is 18.9 Å². The Morgan fingerprint density at radius 3 is 3.12 bits per heavy atom. The Kier molecular flexibility index (Phi) is 4.15. The fourth-order valence-corrected chi connectivity index (χ4v) is 3.23. The molecule has 0 amide bonds. The first-order valence-corrected chi connectivity index (χ1v) is 8.44. The van der Waals surface area contributed by atoms with E-state index in [4.69, 9.17) is 31.2 Å². The minimum absolute atomic E-state index is 0.186. The van der Waals surface area contributed by atoms with E-state index >= 15 is 0 Å². The second-order valence-corrected chi connectivity index (χ2v) is 6.29. The molecule has 0 bridgehead atoms. The average Bonchev–Trinajstić information content (AvgIpc) is 3.30. The number of hydrogen-bond donors (Lipinski definition) is 1. The Hall–Kier alpha value is -2.06. The molecule has 1 fully saturated rings. The van der Waals surface area contributed by atoms with E-state index in [0.29, 0.717) is 22.8 Å². The molecule has 24 heavy (non-hydrogen) atoms.